The summed E-state index contributed by atoms with van der Waals surface area (Å²) in [7, 11) is 1.97. The Bertz CT molecular complexity index is 668. The molecule has 22 heavy (non-hydrogen) atoms. The Labute approximate surface area is 130 Å². The number of aromatic nitrogens is 2. The van der Waals surface area contributed by atoms with Gasteiger partial charge in [-0.2, -0.15) is 5.10 Å². The molecule has 1 saturated heterocycles. The SMILES string of the molecule is Cn1cc(C2CCCN2Cc2cccc3c2OCCO3)cn1. The zero-order chi connectivity index (χ0) is 14.9. The largest absolute Gasteiger partial charge is 0.486 e. The van der Waals surface area contributed by atoms with Crippen molar-refractivity contribution < 1.29 is 9.47 Å². The molecule has 2 aliphatic heterocycles. The number of rotatable bonds is 3. The minimum absolute atomic E-state index is 0.453. The topological polar surface area (TPSA) is 39.5 Å². The van der Waals surface area contributed by atoms with Crippen LogP contribution >= 0.6 is 0 Å². The lowest BCUT2D eigenvalue weighted by Crippen LogP contribution is -2.24. The number of aryl methyl sites for hydroxylation is 1. The Morgan fingerprint density at radius 2 is 2.18 bits per heavy atom. The van der Waals surface area contributed by atoms with Gasteiger partial charge in [0, 0.05) is 37.0 Å². The van der Waals surface area contributed by atoms with Gasteiger partial charge in [0.1, 0.15) is 13.2 Å². The maximum atomic E-state index is 5.84. The Balaban J connectivity index is 1.58. The summed E-state index contributed by atoms with van der Waals surface area (Å²) < 4.78 is 13.4. The third-order valence-corrected chi connectivity index (χ3v) is 4.49. The highest BCUT2D eigenvalue weighted by molar-refractivity contribution is 5.47. The summed E-state index contributed by atoms with van der Waals surface area (Å²) in [4.78, 5) is 2.52. The van der Waals surface area contributed by atoms with E-state index in [9.17, 15) is 0 Å². The molecule has 5 nitrogen and oxygen atoms in total. The number of para-hydroxylation sites is 1. The summed E-state index contributed by atoms with van der Waals surface area (Å²) >= 11 is 0. The van der Waals surface area contributed by atoms with Gasteiger partial charge in [0.25, 0.3) is 0 Å². The summed E-state index contributed by atoms with van der Waals surface area (Å²) in [5, 5.41) is 4.32. The van der Waals surface area contributed by atoms with Crippen LogP contribution in [0.4, 0.5) is 0 Å². The number of hydrogen-bond donors (Lipinski definition) is 0. The maximum Gasteiger partial charge on any atom is 0.165 e. The highest BCUT2D eigenvalue weighted by Gasteiger charge is 2.28. The molecule has 2 aliphatic rings. The van der Waals surface area contributed by atoms with E-state index < -0.39 is 0 Å². The lowest BCUT2D eigenvalue weighted by Gasteiger charge is -2.26. The summed E-state index contributed by atoms with van der Waals surface area (Å²) in [5.74, 6) is 1.80. The summed E-state index contributed by atoms with van der Waals surface area (Å²) in [6.07, 6.45) is 6.54. The molecule has 5 heteroatoms. The fourth-order valence-corrected chi connectivity index (χ4v) is 3.48. The molecule has 1 unspecified atom stereocenters. The molecule has 0 aliphatic carbocycles. The molecule has 1 aromatic heterocycles. The molecule has 1 aromatic carbocycles. The minimum atomic E-state index is 0.453. The highest BCUT2D eigenvalue weighted by Crippen LogP contribution is 2.38. The van der Waals surface area contributed by atoms with E-state index in [-0.39, 0.29) is 0 Å². The van der Waals surface area contributed by atoms with Crippen LogP contribution in [0.25, 0.3) is 0 Å². The van der Waals surface area contributed by atoms with Crippen molar-refractivity contribution in [1.29, 1.82) is 0 Å². The first-order valence-corrected chi connectivity index (χ1v) is 7.91. The van der Waals surface area contributed by atoms with E-state index >= 15 is 0 Å². The average molecular weight is 299 g/mol. The Morgan fingerprint density at radius 1 is 1.27 bits per heavy atom. The number of hydrogen-bond acceptors (Lipinski definition) is 4. The van der Waals surface area contributed by atoms with E-state index in [0.29, 0.717) is 19.3 Å². The summed E-state index contributed by atoms with van der Waals surface area (Å²) in [5.41, 5.74) is 2.52. The Morgan fingerprint density at radius 3 is 3.05 bits per heavy atom. The van der Waals surface area contributed by atoms with Crippen LogP contribution in [0.1, 0.15) is 30.0 Å². The van der Waals surface area contributed by atoms with Gasteiger partial charge in [-0.25, -0.2) is 0 Å². The predicted molar refractivity (Wildman–Crippen MR) is 83.0 cm³/mol. The third kappa shape index (κ3) is 2.46. The highest BCUT2D eigenvalue weighted by atomic mass is 16.6. The molecule has 2 aromatic rings. The maximum absolute atomic E-state index is 5.84. The van der Waals surface area contributed by atoms with Gasteiger partial charge < -0.3 is 9.47 Å². The van der Waals surface area contributed by atoms with E-state index in [2.05, 4.69) is 28.3 Å². The standard InChI is InChI=1S/C17H21N3O2/c1-19-11-14(10-18-19)15-5-3-7-20(15)12-13-4-2-6-16-17(13)22-9-8-21-16/h2,4,6,10-11,15H,3,5,7-9,12H2,1H3. The van der Waals surface area contributed by atoms with Crippen LogP contribution in [0, 0.1) is 0 Å². The van der Waals surface area contributed by atoms with E-state index in [1.807, 2.05) is 24.0 Å². The van der Waals surface area contributed by atoms with Gasteiger partial charge in [0.05, 0.1) is 6.20 Å². The van der Waals surface area contributed by atoms with Crippen LogP contribution in [0.15, 0.2) is 30.6 Å². The molecule has 0 amide bonds. The van der Waals surface area contributed by atoms with Crippen LogP contribution in [0.3, 0.4) is 0 Å². The fraction of sp³-hybridized carbons (Fsp3) is 0.471. The first-order chi connectivity index (χ1) is 10.8. The van der Waals surface area contributed by atoms with Crippen molar-refractivity contribution >= 4 is 0 Å². The molecule has 116 valence electrons. The van der Waals surface area contributed by atoms with Gasteiger partial charge in [-0.05, 0) is 25.5 Å². The number of nitrogens with zero attached hydrogens (tertiary/aromatic N) is 3. The molecule has 0 radical (unpaired) electrons. The van der Waals surface area contributed by atoms with Crippen molar-refractivity contribution in [1.82, 2.24) is 14.7 Å². The van der Waals surface area contributed by atoms with Gasteiger partial charge in [-0.1, -0.05) is 12.1 Å². The van der Waals surface area contributed by atoms with E-state index in [1.165, 1.54) is 24.0 Å². The molecule has 1 atom stereocenters. The van der Waals surface area contributed by atoms with Gasteiger partial charge in [-0.3, -0.25) is 9.58 Å². The van der Waals surface area contributed by atoms with E-state index in [1.54, 1.807) is 0 Å². The van der Waals surface area contributed by atoms with Gasteiger partial charge in [-0.15, -0.1) is 0 Å². The molecule has 0 N–H and O–H groups in total. The number of fused-ring (bicyclic) bond motifs is 1. The Kier molecular flexibility index (Phi) is 3.50. The minimum Gasteiger partial charge on any atom is -0.486 e. The lowest BCUT2D eigenvalue weighted by atomic mass is 10.1. The average Bonchev–Trinajstić information content (AvgIpc) is 3.16. The number of likely N-dealkylation sites (tertiary alicyclic amines) is 1. The summed E-state index contributed by atoms with van der Waals surface area (Å²) in [6, 6.07) is 6.64. The second kappa shape index (κ2) is 5.65. The number of benzene rings is 1. The van der Waals surface area contributed by atoms with Gasteiger partial charge >= 0.3 is 0 Å². The lowest BCUT2D eigenvalue weighted by molar-refractivity contribution is 0.165. The predicted octanol–water partition coefficient (Wildman–Crippen LogP) is 2.53. The molecule has 4 rings (SSSR count). The monoisotopic (exact) mass is 299 g/mol. The van der Waals surface area contributed by atoms with Crippen molar-refractivity contribution in [3.63, 3.8) is 0 Å². The van der Waals surface area contributed by atoms with E-state index in [0.717, 1.165) is 24.6 Å². The third-order valence-electron chi connectivity index (χ3n) is 4.49. The zero-order valence-electron chi connectivity index (χ0n) is 12.9. The molecule has 0 bridgehead atoms. The van der Waals surface area contributed by atoms with Crippen molar-refractivity contribution in [2.45, 2.75) is 25.4 Å². The van der Waals surface area contributed by atoms with Crippen LogP contribution < -0.4 is 9.47 Å². The van der Waals surface area contributed by atoms with Crippen molar-refractivity contribution in [2.24, 2.45) is 7.05 Å². The molecular weight excluding hydrogens is 278 g/mol. The molecule has 0 saturated carbocycles. The molecule has 0 spiro atoms. The number of ether oxygens (including phenoxy) is 2. The molecule has 3 heterocycles. The Hall–Kier alpha value is -2.01. The van der Waals surface area contributed by atoms with Crippen molar-refractivity contribution in [2.75, 3.05) is 19.8 Å². The molecular formula is C17H21N3O2. The van der Waals surface area contributed by atoms with Crippen molar-refractivity contribution in [3.05, 3.63) is 41.7 Å². The second-order valence-electron chi connectivity index (χ2n) is 6.02. The zero-order valence-corrected chi connectivity index (χ0v) is 12.9. The summed E-state index contributed by atoms with van der Waals surface area (Å²) in [6.45, 7) is 3.28. The van der Waals surface area contributed by atoms with E-state index in [4.69, 9.17) is 9.47 Å². The first kappa shape index (κ1) is 13.6. The smallest absolute Gasteiger partial charge is 0.165 e. The second-order valence-corrected chi connectivity index (χ2v) is 6.02. The van der Waals surface area contributed by atoms with Gasteiger partial charge in [0.2, 0.25) is 0 Å². The first-order valence-electron chi connectivity index (χ1n) is 7.91. The quantitative estimate of drug-likeness (QED) is 0.873. The van der Waals surface area contributed by atoms with Crippen LogP contribution in [0.2, 0.25) is 0 Å². The normalized spacial score (nSPS) is 21.2. The fourth-order valence-electron chi connectivity index (χ4n) is 3.48. The van der Waals surface area contributed by atoms with Crippen LogP contribution in [-0.2, 0) is 13.6 Å². The van der Waals surface area contributed by atoms with Gasteiger partial charge in [0.15, 0.2) is 11.5 Å². The molecule has 1 fully saturated rings. The van der Waals surface area contributed by atoms with Crippen LogP contribution in [-0.4, -0.2) is 34.4 Å². The van der Waals surface area contributed by atoms with Crippen molar-refractivity contribution in [3.8, 4) is 11.5 Å². The van der Waals surface area contributed by atoms with Crippen LogP contribution in [0.5, 0.6) is 11.5 Å².